The molecule has 0 N–H and O–H groups in total. The van der Waals surface area contributed by atoms with Crippen LogP contribution in [-0.4, -0.2) is 54.8 Å². The molecule has 0 saturated heterocycles. The Morgan fingerprint density at radius 2 is 0.674 bits per heavy atom. The summed E-state index contributed by atoms with van der Waals surface area (Å²) in [7, 11) is 0. The second kappa shape index (κ2) is 13.0. The first kappa shape index (κ1) is 27.7. The Hall–Kier alpha value is -7.11. The third-order valence-electron chi connectivity index (χ3n) is 6.34. The van der Waals surface area contributed by atoms with E-state index in [-0.39, 0.29) is 0 Å². The molecule has 0 fully saturated rings. The molecule has 0 saturated carbocycles. The van der Waals surface area contributed by atoms with Crippen LogP contribution in [0.1, 0.15) is 22.3 Å². The standard InChI is InChI=1S/C35H19N11/c1-4-30(28-12-10-24(18-40-28)6-8-26-20-42-34(43-21-26)32-36-14-2-15-37-32)46-31(5-1)29-13-11-25(19-41-29)7-9-27-22-44-35(45-23-27)33-38-16-3-17-39-33/h1-5,10-23H. The van der Waals surface area contributed by atoms with Crippen molar-refractivity contribution in [2.24, 2.45) is 0 Å². The molecule has 7 aromatic rings. The van der Waals surface area contributed by atoms with Gasteiger partial charge in [-0.3, -0.25) is 9.97 Å². The van der Waals surface area contributed by atoms with Crippen LogP contribution >= 0.6 is 0 Å². The fourth-order valence-corrected chi connectivity index (χ4v) is 4.09. The first-order chi connectivity index (χ1) is 22.8. The second-order valence-corrected chi connectivity index (χ2v) is 9.51. The van der Waals surface area contributed by atoms with Gasteiger partial charge in [0.25, 0.3) is 0 Å². The van der Waals surface area contributed by atoms with Crippen molar-refractivity contribution in [3.8, 4) is 69.8 Å². The summed E-state index contributed by atoms with van der Waals surface area (Å²) in [4.78, 5) is 47.8. The molecule has 46 heavy (non-hydrogen) atoms. The van der Waals surface area contributed by atoms with Crippen molar-refractivity contribution >= 4 is 0 Å². The van der Waals surface area contributed by atoms with Gasteiger partial charge in [-0.2, -0.15) is 0 Å². The number of aromatic nitrogens is 11. The molecule has 0 unspecified atom stereocenters. The average molecular weight is 594 g/mol. The predicted octanol–water partition coefficient (Wildman–Crippen LogP) is 4.50. The zero-order chi connectivity index (χ0) is 31.0. The van der Waals surface area contributed by atoms with Crippen molar-refractivity contribution in [3.63, 3.8) is 0 Å². The van der Waals surface area contributed by atoms with E-state index in [1.54, 1.807) is 74.1 Å². The summed E-state index contributed by atoms with van der Waals surface area (Å²) in [6, 6.07) is 16.8. The lowest BCUT2D eigenvalue weighted by molar-refractivity contribution is 1.07. The summed E-state index contributed by atoms with van der Waals surface area (Å²) in [5.41, 5.74) is 5.73. The van der Waals surface area contributed by atoms with Crippen LogP contribution in [0.4, 0.5) is 0 Å². The third-order valence-corrected chi connectivity index (χ3v) is 6.34. The van der Waals surface area contributed by atoms with E-state index in [2.05, 4.69) is 73.5 Å². The molecule has 0 atom stereocenters. The lowest BCUT2D eigenvalue weighted by atomic mass is 10.1. The van der Waals surface area contributed by atoms with Gasteiger partial charge < -0.3 is 0 Å². The SMILES string of the molecule is C(#Cc1cnc(-c2ncccn2)nc1)c1ccc(-c2cccc(-c3ccc(C#Cc4cnc(-c5ncccn5)nc4)cn3)n2)nc1. The molecule has 0 aliphatic carbocycles. The Morgan fingerprint density at radius 3 is 1.07 bits per heavy atom. The minimum Gasteiger partial charge on any atom is -0.253 e. The van der Waals surface area contributed by atoms with E-state index in [1.165, 1.54) is 0 Å². The first-order valence-electron chi connectivity index (χ1n) is 13.9. The topological polar surface area (TPSA) is 142 Å². The van der Waals surface area contributed by atoms with Gasteiger partial charge in [-0.15, -0.1) is 0 Å². The molecule has 0 bridgehead atoms. The van der Waals surface area contributed by atoms with Crippen molar-refractivity contribution in [3.05, 3.63) is 139 Å². The second-order valence-electron chi connectivity index (χ2n) is 9.51. The van der Waals surface area contributed by atoms with Gasteiger partial charge in [-0.1, -0.05) is 29.7 Å². The van der Waals surface area contributed by atoms with E-state index in [1.807, 2.05) is 42.5 Å². The number of pyridine rings is 3. The van der Waals surface area contributed by atoms with Gasteiger partial charge in [-0.25, -0.2) is 44.9 Å². The van der Waals surface area contributed by atoms with E-state index in [0.717, 1.165) is 33.9 Å². The van der Waals surface area contributed by atoms with Gasteiger partial charge in [0.2, 0.25) is 0 Å². The maximum atomic E-state index is 4.78. The summed E-state index contributed by atoms with van der Waals surface area (Å²) in [5, 5.41) is 0. The van der Waals surface area contributed by atoms with Crippen molar-refractivity contribution in [2.75, 3.05) is 0 Å². The summed E-state index contributed by atoms with van der Waals surface area (Å²) in [6.45, 7) is 0. The molecular weight excluding hydrogens is 574 g/mol. The summed E-state index contributed by atoms with van der Waals surface area (Å²) in [6.07, 6.45) is 16.6. The molecule has 0 aromatic carbocycles. The fourth-order valence-electron chi connectivity index (χ4n) is 4.09. The Labute approximate surface area is 263 Å². The fraction of sp³-hybridized carbons (Fsp3) is 0. The minimum absolute atomic E-state index is 0.444. The molecule has 214 valence electrons. The van der Waals surface area contributed by atoms with Gasteiger partial charge >= 0.3 is 0 Å². The largest absolute Gasteiger partial charge is 0.253 e. The van der Waals surface area contributed by atoms with Crippen LogP contribution < -0.4 is 0 Å². The lowest BCUT2D eigenvalue weighted by Crippen LogP contribution is -1.94. The van der Waals surface area contributed by atoms with Gasteiger partial charge in [0.1, 0.15) is 0 Å². The third kappa shape index (κ3) is 6.59. The Kier molecular flexibility index (Phi) is 7.85. The highest BCUT2D eigenvalue weighted by atomic mass is 15.0. The summed E-state index contributed by atoms with van der Waals surface area (Å²) in [5.74, 6) is 14.1. The van der Waals surface area contributed by atoms with Crippen LogP contribution in [0.3, 0.4) is 0 Å². The Balaban J connectivity index is 1.01. The monoisotopic (exact) mass is 593 g/mol. The van der Waals surface area contributed by atoms with E-state index < -0.39 is 0 Å². The van der Waals surface area contributed by atoms with Crippen LogP contribution in [0.15, 0.2) is 117 Å². The molecule has 0 spiro atoms. The molecule has 0 aliphatic rings. The quantitative estimate of drug-likeness (QED) is 0.266. The van der Waals surface area contributed by atoms with Crippen LogP contribution in [-0.2, 0) is 0 Å². The number of hydrogen-bond acceptors (Lipinski definition) is 11. The molecule has 0 aliphatic heterocycles. The van der Waals surface area contributed by atoms with E-state index in [4.69, 9.17) is 4.98 Å². The van der Waals surface area contributed by atoms with Crippen LogP contribution in [0.2, 0.25) is 0 Å². The molecule has 7 aromatic heterocycles. The average Bonchev–Trinajstić information content (AvgIpc) is 3.15. The van der Waals surface area contributed by atoms with E-state index in [9.17, 15) is 0 Å². The molecular formula is C35H19N11. The molecule has 11 nitrogen and oxygen atoms in total. The smallest absolute Gasteiger partial charge is 0.197 e. The van der Waals surface area contributed by atoms with Crippen molar-refractivity contribution in [2.45, 2.75) is 0 Å². The van der Waals surface area contributed by atoms with E-state index >= 15 is 0 Å². The number of hydrogen-bond donors (Lipinski definition) is 0. The van der Waals surface area contributed by atoms with Crippen molar-refractivity contribution in [1.82, 2.24) is 54.8 Å². The summed E-state index contributed by atoms with van der Waals surface area (Å²) < 4.78 is 0. The van der Waals surface area contributed by atoms with Crippen LogP contribution in [0.5, 0.6) is 0 Å². The molecule has 0 amide bonds. The Bertz CT molecular complexity index is 2060. The van der Waals surface area contributed by atoms with Crippen molar-refractivity contribution in [1.29, 1.82) is 0 Å². The van der Waals surface area contributed by atoms with Gasteiger partial charge in [0.05, 0.1) is 33.9 Å². The lowest BCUT2D eigenvalue weighted by Gasteiger charge is -2.04. The Morgan fingerprint density at radius 1 is 0.304 bits per heavy atom. The highest BCUT2D eigenvalue weighted by molar-refractivity contribution is 5.62. The highest BCUT2D eigenvalue weighted by Crippen LogP contribution is 2.20. The van der Waals surface area contributed by atoms with Gasteiger partial charge in [-0.05, 0) is 48.5 Å². The van der Waals surface area contributed by atoms with Crippen molar-refractivity contribution < 1.29 is 0 Å². The number of nitrogens with zero attached hydrogens (tertiary/aromatic N) is 11. The molecule has 11 heteroatoms. The summed E-state index contributed by atoms with van der Waals surface area (Å²) >= 11 is 0. The van der Waals surface area contributed by atoms with Crippen LogP contribution in [0.25, 0.3) is 46.1 Å². The molecule has 0 radical (unpaired) electrons. The normalized spacial score (nSPS) is 10.3. The molecule has 7 heterocycles. The zero-order valence-corrected chi connectivity index (χ0v) is 23.9. The van der Waals surface area contributed by atoms with Gasteiger partial charge in [0.15, 0.2) is 23.3 Å². The zero-order valence-electron chi connectivity index (χ0n) is 23.9. The highest BCUT2D eigenvalue weighted by Gasteiger charge is 2.07. The minimum atomic E-state index is 0.444. The first-order valence-corrected chi connectivity index (χ1v) is 13.9. The predicted molar refractivity (Wildman–Crippen MR) is 169 cm³/mol. The van der Waals surface area contributed by atoms with Gasteiger partial charge in [0, 0.05) is 73.1 Å². The number of rotatable bonds is 4. The van der Waals surface area contributed by atoms with Crippen LogP contribution in [0, 0.1) is 23.7 Å². The van der Waals surface area contributed by atoms with E-state index in [0.29, 0.717) is 34.4 Å². The maximum Gasteiger partial charge on any atom is 0.197 e. The molecule has 7 rings (SSSR count). The maximum absolute atomic E-state index is 4.78.